The number of hydrogen-bond donors (Lipinski definition) is 0. The minimum absolute atomic E-state index is 0.842. The van der Waals surface area contributed by atoms with Gasteiger partial charge < -0.3 is 0 Å². The summed E-state index contributed by atoms with van der Waals surface area (Å²) in [6.07, 6.45) is 2.76. The Morgan fingerprint density at radius 1 is 0.941 bits per heavy atom. The molecular weight excluding hydrogens is 204 g/mol. The van der Waals surface area contributed by atoms with E-state index in [0.29, 0.717) is 0 Å². The van der Waals surface area contributed by atoms with Crippen LogP contribution in [0.1, 0.15) is 49.3 Å². The lowest BCUT2D eigenvalue weighted by Crippen LogP contribution is -1.90. The second-order valence-electron chi connectivity index (χ2n) is 4.73. The standard InChI is InChI=1S/C15H16.C2H6/c1-10-9-15(12-7-8-12)14-6-4-3-5-13(14)11(10)2;1-2/h3-6,9,12H,7-8H2,1-2H3;1-2H3. The zero-order chi connectivity index (χ0) is 12.4. The lowest BCUT2D eigenvalue weighted by Gasteiger charge is -2.11. The molecule has 0 heterocycles. The SMILES string of the molecule is CC.Cc1cc(C2CC2)c2ccccc2c1C. The van der Waals surface area contributed by atoms with Gasteiger partial charge in [0.2, 0.25) is 0 Å². The number of hydrogen-bond acceptors (Lipinski definition) is 0. The molecule has 0 spiro atoms. The van der Waals surface area contributed by atoms with E-state index in [2.05, 4.69) is 44.2 Å². The van der Waals surface area contributed by atoms with E-state index in [9.17, 15) is 0 Å². The van der Waals surface area contributed by atoms with Crippen molar-refractivity contribution in [3.8, 4) is 0 Å². The second kappa shape index (κ2) is 4.91. The molecule has 0 amide bonds. The van der Waals surface area contributed by atoms with E-state index in [0.717, 1.165) is 5.92 Å². The molecule has 17 heavy (non-hydrogen) atoms. The third-order valence-corrected chi connectivity index (χ3v) is 3.62. The Hall–Kier alpha value is -1.30. The van der Waals surface area contributed by atoms with Crippen LogP contribution in [0.3, 0.4) is 0 Å². The first-order valence-electron chi connectivity index (χ1n) is 6.76. The van der Waals surface area contributed by atoms with Crippen LogP contribution in [-0.4, -0.2) is 0 Å². The number of fused-ring (bicyclic) bond motifs is 1. The van der Waals surface area contributed by atoms with Crippen molar-refractivity contribution in [2.45, 2.75) is 46.5 Å². The van der Waals surface area contributed by atoms with Crippen molar-refractivity contribution < 1.29 is 0 Å². The Bertz CT molecular complexity index is 519. The van der Waals surface area contributed by atoms with Gasteiger partial charge >= 0.3 is 0 Å². The number of aryl methyl sites for hydroxylation is 2. The van der Waals surface area contributed by atoms with Gasteiger partial charge in [0.1, 0.15) is 0 Å². The summed E-state index contributed by atoms with van der Waals surface area (Å²) in [5.74, 6) is 0.842. The fourth-order valence-corrected chi connectivity index (χ4v) is 2.43. The van der Waals surface area contributed by atoms with Crippen molar-refractivity contribution in [2.24, 2.45) is 0 Å². The highest BCUT2D eigenvalue weighted by Gasteiger charge is 2.25. The molecule has 90 valence electrons. The van der Waals surface area contributed by atoms with Gasteiger partial charge in [0.15, 0.2) is 0 Å². The van der Waals surface area contributed by atoms with Crippen LogP contribution in [0.15, 0.2) is 30.3 Å². The molecule has 2 aromatic rings. The van der Waals surface area contributed by atoms with Gasteiger partial charge in [-0.3, -0.25) is 0 Å². The summed E-state index contributed by atoms with van der Waals surface area (Å²) in [6.45, 7) is 8.46. The fraction of sp³-hybridized carbons (Fsp3) is 0.412. The minimum atomic E-state index is 0.842. The van der Waals surface area contributed by atoms with Crippen molar-refractivity contribution in [1.29, 1.82) is 0 Å². The van der Waals surface area contributed by atoms with Crippen LogP contribution in [0, 0.1) is 13.8 Å². The summed E-state index contributed by atoms with van der Waals surface area (Å²) < 4.78 is 0. The molecule has 1 aliphatic rings. The van der Waals surface area contributed by atoms with Gasteiger partial charge in [-0.25, -0.2) is 0 Å². The van der Waals surface area contributed by atoms with Crippen LogP contribution in [0.5, 0.6) is 0 Å². The molecule has 2 aromatic carbocycles. The average molecular weight is 226 g/mol. The third kappa shape index (κ3) is 2.22. The maximum Gasteiger partial charge on any atom is -0.0146 e. The van der Waals surface area contributed by atoms with Gasteiger partial charge in [0.05, 0.1) is 0 Å². The molecular formula is C17H22. The van der Waals surface area contributed by atoms with Gasteiger partial charge in [-0.15, -0.1) is 0 Å². The largest absolute Gasteiger partial charge is 0.0683 e. The van der Waals surface area contributed by atoms with E-state index in [-0.39, 0.29) is 0 Å². The van der Waals surface area contributed by atoms with Crippen LogP contribution in [-0.2, 0) is 0 Å². The van der Waals surface area contributed by atoms with Gasteiger partial charge in [-0.2, -0.15) is 0 Å². The molecule has 0 nitrogen and oxygen atoms in total. The third-order valence-electron chi connectivity index (χ3n) is 3.62. The Balaban J connectivity index is 0.000000514. The molecule has 1 aliphatic carbocycles. The van der Waals surface area contributed by atoms with Gasteiger partial charge in [0.25, 0.3) is 0 Å². The molecule has 0 heteroatoms. The topological polar surface area (TPSA) is 0 Å². The highest BCUT2D eigenvalue weighted by molar-refractivity contribution is 5.90. The predicted molar refractivity (Wildman–Crippen MR) is 76.7 cm³/mol. The molecule has 0 unspecified atom stereocenters. The lowest BCUT2D eigenvalue weighted by atomic mass is 9.94. The summed E-state index contributed by atoms with van der Waals surface area (Å²) in [6, 6.07) is 11.2. The molecule has 0 radical (unpaired) electrons. The second-order valence-corrected chi connectivity index (χ2v) is 4.73. The predicted octanol–water partition coefficient (Wildman–Crippen LogP) is 5.36. The van der Waals surface area contributed by atoms with Crippen molar-refractivity contribution in [2.75, 3.05) is 0 Å². The highest BCUT2D eigenvalue weighted by atomic mass is 14.3. The summed E-state index contributed by atoms with van der Waals surface area (Å²) in [4.78, 5) is 0. The molecule has 3 rings (SSSR count). The molecule has 1 saturated carbocycles. The van der Waals surface area contributed by atoms with Crippen LogP contribution in [0.2, 0.25) is 0 Å². The van der Waals surface area contributed by atoms with Gasteiger partial charge in [-0.1, -0.05) is 44.2 Å². The van der Waals surface area contributed by atoms with Crippen LogP contribution in [0.25, 0.3) is 10.8 Å². The maximum absolute atomic E-state index is 2.40. The van der Waals surface area contributed by atoms with Crippen LogP contribution >= 0.6 is 0 Å². The van der Waals surface area contributed by atoms with Crippen LogP contribution in [0.4, 0.5) is 0 Å². The molecule has 0 saturated heterocycles. The monoisotopic (exact) mass is 226 g/mol. The Morgan fingerprint density at radius 3 is 2.12 bits per heavy atom. The zero-order valence-electron chi connectivity index (χ0n) is 11.4. The molecule has 0 bridgehead atoms. The Kier molecular flexibility index (Phi) is 3.51. The van der Waals surface area contributed by atoms with Gasteiger partial charge in [-0.05, 0) is 60.1 Å². The van der Waals surface area contributed by atoms with Crippen molar-refractivity contribution >= 4 is 10.8 Å². The Morgan fingerprint density at radius 2 is 1.53 bits per heavy atom. The van der Waals surface area contributed by atoms with Crippen molar-refractivity contribution in [3.05, 3.63) is 47.0 Å². The Labute approximate surface area is 105 Å². The first-order valence-corrected chi connectivity index (χ1v) is 6.76. The number of benzene rings is 2. The lowest BCUT2D eigenvalue weighted by molar-refractivity contribution is 1.14. The van der Waals surface area contributed by atoms with E-state index < -0.39 is 0 Å². The molecule has 0 N–H and O–H groups in total. The average Bonchev–Trinajstić information content (AvgIpc) is 3.21. The van der Waals surface area contributed by atoms with Crippen molar-refractivity contribution in [1.82, 2.24) is 0 Å². The van der Waals surface area contributed by atoms with Crippen molar-refractivity contribution in [3.63, 3.8) is 0 Å². The smallest absolute Gasteiger partial charge is 0.0146 e. The summed E-state index contributed by atoms with van der Waals surface area (Å²) in [7, 11) is 0. The van der Waals surface area contributed by atoms with E-state index in [1.165, 1.54) is 34.7 Å². The zero-order valence-corrected chi connectivity index (χ0v) is 11.4. The summed E-state index contributed by atoms with van der Waals surface area (Å²) in [5.41, 5.74) is 4.46. The first-order chi connectivity index (χ1) is 8.27. The van der Waals surface area contributed by atoms with E-state index in [1.54, 1.807) is 5.56 Å². The quantitative estimate of drug-likeness (QED) is 0.614. The molecule has 1 fully saturated rings. The van der Waals surface area contributed by atoms with Gasteiger partial charge in [0, 0.05) is 0 Å². The first kappa shape index (κ1) is 12.2. The minimum Gasteiger partial charge on any atom is -0.0683 e. The van der Waals surface area contributed by atoms with Crippen LogP contribution < -0.4 is 0 Å². The number of rotatable bonds is 1. The normalized spacial score (nSPS) is 14.4. The maximum atomic E-state index is 2.40. The van der Waals surface area contributed by atoms with E-state index >= 15 is 0 Å². The highest BCUT2D eigenvalue weighted by Crippen LogP contribution is 2.44. The summed E-state index contributed by atoms with van der Waals surface area (Å²) >= 11 is 0. The summed E-state index contributed by atoms with van der Waals surface area (Å²) in [5, 5.41) is 2.92. The van der Waals surface area contributed by atoms with E-state index in [4.69, 9.17) is 0 Å². The molecule has 0 aromatic heterocycles. The fourth-order valence-electron chi connectivity index (χ4n) is 2.43. The molecule has 0 aliphatic heterocycles. The molecule has 0 atom stereocenters. The van der Waals surface area contributed by atoms with E-state index in [1.807, 2.05) is 13.8 Å².